The van der Waals surface area contributed by atoms with Gasteiger partial charge in [0.2, 0.25) is 0 Å². The molecule has 0 spiro atoms. The summed E-state index contributed by atoms with van der Waals surface area (Å²) in [5.74, 6) is -0.557. The first-order valence-electron chi connectivity index (χ1n) is 11.7. The molecule has 0 aliphatic rings. The number of aromatic nitrogens is 2. The number of benzene rings is 2. The van der Waals surface area contributed by atoms with E-state index in [4.69, 9.17) is 4.74 Å². The van der Waals surface area contributed by atoms with Crippen LogP contribution in [0.5, 0.6) is 5.75 Å². The minimum Gasteiger partial charge on any atom is -0.485 e. The maximum absolute atomic E-state index is 12.4. The van der Waals surface area contributed by atoms with E-state index >= 15 is 0 Å². The summed E-state index contributed by atoms with van der Waals surface area (Å²) in [4.78, 5) is 45.2. The predicted octanol–water partition coefficient (Wildman–Crippen LogP) is 3.95. The summed E-state index contributed by atoms with van der Waals surface area (Å²) in [5.41, 5.74) is 0.318. The molecule has 0 unspecified atom stereocenters. The molecule has 4 rings (SSSR count). The average molecular weight is 489 g/mol. The van der Waals surface area contributed by atoms with Gasteiger partial charge in [-0.25, -0.2) is 14.8 Å². The van der Waals surface area contributed by atoms with Gasteiger partial charge in [0, 0.05) is 17.5 Å². The summed E-state index contributed by atoms with van der Waals surface area (Å²) in [6.07, 6.45) is 1.44. The summed E-state index contributed by atoms with van der Waals surface area (Å²) in [5, 5.41) is 17.2. The molecular weight excluding hydrogens is 460 g/mol. The fourth-order valence-electron chi connectivity index (χ4n) is 4.18. The molecule has 0 fully saturated rings. The van der Waals surface area contributed by atoms with Gasteiger partial charge in [-0.15, -0.1) is 0 Å². The predicted molar refractivity (Wildman–Crippen MR) is 139 cm³/mol. The molecule has 9 nitrogen and oxygen atoms in total. The van der Waals surface area contributed by atoms with Gasteiger partial charge >= 0.3 is 5.97 Å². The van der Waals surface area contributed by atoms with E-state index < -0.39 is 22.4 Å². The number of aryl methyl sites for hydroxylation is 1. The lowest BCUT2D eigenvalue weighted by Crippen LogP contribution is -2.51. The van der Waals surface area contributed by atoms with Crippen molar-refractivity contribution in [1.82, 2.24) is 9.97 Å². The van der Waals surface area contributed by atoms with Crippen LogP contribution in [-0.2, 0) is 11.2 Å². The van der Waals surface area contributed by atoms with E-state index in [0.717, 1.165) is 27.7 Å². The Kier molecular flexibility index (Phi) is 6.74. The Balaban J connectivity index is 1.58. The molecule has 1 aromatic heterocycles. The van der Waals surface area contributed by atoms with Crippen LogP contribution >= 0.6 is 0 Å². The van der Waals surface area contributed by atoms with Crippen molar-refractivity contribution in [3.63, 3.8) is 0 Å². The van der Waals surface area contributed by atoms with Gasteiger partial charge in [-0.2, -0.15) is 0 Å². The lowest BCUT2D eigenvalue weighted by atomic mass is 9.87. The van der Waals surface area contributed by atoms with Crippen molar-refractivity contribution in [2.75, 3.05) is 10.6 Å². The van der Waals surface area contributed by atoms with Crippen LogP contribution in [0.3, 0.4) is 0 Å². The van der Waals surface area contributed by atoms with Gasteiger partial charge in [0.15, 0.2) is 5.75 Å². The number of carboxylic acids is 1. The lowest BCUT2D eigenvalue weighted by molar-refractivity contribution is -0.142. The van der Waals surface area contributed by atoms with Crippen molar-refractivity contribution in [2.24, 2.45) is 0 Å². The Morgan fingerprint density at radius 2 is 1.81 bits per heavy atom. The first-order valence-corrected chi connectivity index (χ1v) is 11.7. The van der Waals surface area contributed by atoms with Crippen LogP contribution < -0.4 is 26.2 Å². The Hall–Kier alpha value is -4.27. The van der Waals surface area contributed by atoms with E-state index in [1.807, 2.05) is 49.4 Å². The molecule has 1 atom stereocenters. The van der Waals surface area contributed by atoms with Crippen molar-refractivity contribution in [3.8, 4) is 5.75 Å². The van der Waals surface area contributed by atoms with Crippen molar-refractivity contribution in [2.45, 2.75) is 52.2 Å². The number of carboxylic acid groups (broad SMARTS) is 1. The highest BCUT2D eigenvalue weighted by Crippen LogP contribution is 2.30. The minimum atomic E-state index is -1.49. The summed E-state index contributed by atoms with van der Waals surface area (Å²) in [7, 11) is 0. The largest absolute Gasteiger partial charge is 0.485 e. The number of hydrogen-bond acceptors (Lipinski definition) is 8. The van der Waals surface area contributed by atoms with Crippen LogP contribution in [0.2, 0.25) is 0 Å². The third-order valence-corrected chi connectivity index (χ3v) is 6.19. The quantitative estimate of drug-likeness (QED) is 0.284. The van der Waals surface area contributed by atoms with Crippen molar-refractivity contribution >= 4 is 34.1 Å². The zero-order valence-electron chi connectivity index (χ0n) is 20.6. The van der Waals surface area contributed by atoms with Crippen LogP contribution in [0.1, 0.15) is 38.3 Å². The number of anilines is 3. The lowest BCUT2D eigenvalue weighted by Gasteiger charge is -2.32. The molecule has 186 valence electrons. The van der Waals surface area contributed by atoms with E-state index in [-0.39, 0.29) is 30.4 Å². The summed E-state index contributed by atoms with van der Waals surface area (Å²) in [6.45, 7) is 7.17. The van der Waals surface area contributed by atoms with Gasteiger partial charge in [0.25, 0.3) is 10.9 Å². The van der Waals surface area contributed by atoms with Crippen LogP contribution in [0.25, 0.3) is 10.9 Å². The molecule has 3 aromatic carbocycles. The fraction of sp³-hybridized carbons (Fsp3) is 0.296. The summed E-state index contributed by atoms with van der Waals surface area (Å²) in [6, 6.07) is 13.2. The number of hydrogen-bond donors (Lipinski definition) is 3. The molecule has 0 bridgehead atoms. The van der Waals surface area contributed by atoms with Crippen LogP contribution in [0.15, 0.2) is 58.4 Å². The molecule has 0 aliphatic heterocycles. The molecule has 4 aromatic rings. The standard InChI is InChI=1S/C27H28N4O5/c1-5-27(26(34)35,31-21-22(32)23(33)24(21)36-15(2)3)13-17-9-11-18(12-10-17)30-25-20-16(4)7-6-8-19(20)28-14-29-25/h6-12,14-15,31H,5,13H2,1-4H3,(H,34,35)(H,28,29,30)/t27-/m0/s1. The van der Waals surface area contributed by atoms with E-state index in [1.54, 1.807) is 20.8 Å². The number of carbonyl (C=O) groups is 1. The average Bonchev–Trinajstić information content (AvgIpc) is 2.86. The molecule has 0 saturated carbocycles. The van der Waals surface area contributed by atoms with Gasteiger partial charge < -0.3 is 20.5 Å². The van der Waals surface area contributed by atoms with Crippen LogP contribution in [0.4, 0.5) is 17.2 Å². The van der Waals surface area contributed by atoms with Gasteiger partial charge in [-0.05, 0) is 56.5 Å². The Morgan fingerprint density at radius 1 is 1.08 bits per heavy atom. The minimum absolute atomic E-state index is 0.0813. The molecule has 0 aliphatic carbocycles. The second kappa shape index (κ2) is 9.77. The third-order valence-electron chi connectivity index (χ3n) is 6.19. The number of fused-ring (bicyclic) bond motifs is 1. The van der Waals surface area contributed by atoms with E-state index in [1.165, 1.54) is 6.33 Å². The van der Waals surface area contributed by atoms with Crippen LogP contribution in [-0.4, -0.2) is 32.7 Å². The zero-order valence-corrected chi connectivity index (χ0v) is 20.6. The van der Waals surface area contributed by atoms with E-state index in [9.17, 15) is 19.5 Å². The summed E-state index contributed by atoms with van der Waals surface area (Å²) >= 11 is 0. The number of rotatable bonds is 10. The topological polar surface area (TPSA) is 131 Å². The second-order valence-corrected chi connectivity index (χ2v) is 9.08. The second-order valence-electron chi connectivity index (χ2n) is 9.08. The normalized spacial score (nSPS) is 13.0. The van der Waals surface area contributed by atoms with E-state index in [0.29, 0.717) is 5.82 Å². The highest BCUT2D eigenvalue weighted by molar-refractivity contribution is 5.93. The molecular formula is C27H28N4O5. The van der Waals surface area contributed by atoms with Gasteiger partial charge in [-0.3, -0.25) is 9.59 Å². The molecule has 1 heterocycles. The van der Waals surface area contributed by atoms with Crippen LogP contribution in [0, 0.1) is 6.92 Å². The Labute approximate surface area is 207 Å². The maximum atomic E-state index is 12.4. The van der Waals surface area contributed by atoms with E-state index in [2.05, 4.69) is 20.6 Å². The maximum Gasteiger partial charge on any atom is 0.329 e. The molecule has 0 radical (unpaired) electrons. The number of nitrogens with one attached hydrogen (secondary N) is 2. The monoisotopic (exact) mass is 488 g/mol. The summed E-state index contributed by atoms with van der Waals surface area (Å²) < 4.78 is 5.45. The number of aliphatic carboxylic acids is 1. The van der Waals surface area contributed by atoms with Crippen molar-refractivity contribution < 1.29 is 14.6 Å². The molecule has 36 heavy (non-hydrogen) atoms. The Morgan fingerprint density at radius 3 is 2.44 bits per heavy atom. The third kappa shape index (κ3) is 4.64. The molecule has 3 N–H and O–H groups in total. The molecule has 0 amide bonds. The first kappa shape index (κ1) is 24.8. The fourth-order valence-corrected chi connectivity index (χ4v) is 4.18. The number of ether oxygens (including phenoxy) is 1. The zero-order chi connectivity index (χ0) is 26.0. The Bertz CT molecular complexity index is 1480. The smallest absolute Gasteiger partial charge is 0.329 e. The highest BCUT2D eigenvalue weighted by atomic mass is 16.5. The molecule has 0 saturated heterocycles. The first-order chi connectivity index (χ1) is 17.1. The van der Waals surface area contributed by atoms with Crippen molar-refractivity contribution in [3.05, 3.63) is 80.4 Å². The highest BCUT2D eigenvalue weighted by Gasteiger charge is 2.40. The molecule has 9 heteroatoms. The van der Waals surface area contributed by atoms with Gasteiger partial charge in [0.05, 0.1) is 11.6 Å². The van der Waals surface area contributed by atoms with Gasteiger partial charge in [0.1, 0.15) is 23.4 Å². The number of nitrogens with zero attached hydrogens (tertiary/aromatic N) is 2. The van der Waals surface area contributed by atoms with Crippen molar-refractivity contribution in [1.29, 1.82) is 0 Å². The van der Waals surface area contributed by atoms with Gasteiger partial charge in [-0.1, -0.05) is 31.2 Å². The SMILES string of the molecule is CC[C@@](Cc1ccc(Nc2ncnc3cccc(C)c23)cc1)(Nc1c(OC(C)C)c(=O)c1=O)C(=O)O.